The summed E-state index contributed by atoms with van der Waals surface area (Å²) in [6, 6.07) is 5.00. The van der Waals surface area contributed by atoms with Crippen LogP contribution in [0.15, 0.2) is 36.7 Å². The van der Waals surface area contributed by atoms with Gasteiger partial charge in [-0.3, -0.25) is 19.4 Å². The molecule has 0 saturated carbocycles. The fraction of sp³-hybridized carbons (Fsp3) is 0.364. The van der Waals surface area contributed by atoms with E-state index in [0.29, 0.717) is 11.1 Å². The largest absolute Gasteiger partial charge is 0.474 e. The number of carbonyl (C=O) groups excluding carboxylic acids is 3. The average Bonchev–Trinajstić information content (AvgIpc) is 2.73. The molecular formula is C22H21F2NO7S. The molecule has 176 valence electrons. The molecule has 2 heterocycles. The van der Waals surface area contributed by atoms with Crippen molar-refractivity contribution in [2.45, 2.75) is 44.5 Å². The lowest BCUT2D eigenvalue weighted by Crippen LogP contribution is -2.55. The second-order valence-corrected chi connectivity index (χ2v) is 8.29. The molecule has 1 aliphatic heterocycles. The fourth-order valence-electron chi connectivity index (χ4n) is 3.26. The van der Waals surface area contributed by atoms with Crippen LogP contribution >= 0.6 is 11.8 Å². The van der Waals surface area contributed by atoms with Crippen molar-refractivity contribution in [1.29, 1.82) is 0 Å². The van der Waals surface area contributed by atoms with Crippen molar-refractivity contribution in [2.75, 3.05) is 5.75 Å². The predicted molar refractivity (Wildman–Crippen MR) is 113 cm³/mol. The molecule has 1 aromatic carbocycles. The van der Waals surface area contributed by atoms with Crippen LogP contribution < -0.4 is 4.74 Å². The number of hydrogen-bond donors (Lipinski definition) is 0. The minimum atomic E-state index is -1.10. The first-order chi connectivity index (χ1) is 15.6. The van der Waals surface area contributed by atoms with Crippen LogP contribution in [0.4, 0.5) is 8.78 Å². The standard InChI is InChI=1S/C22H21F2NO7S/c1-11(26)29-19-10-33-22(21(31-13(3)28)20(19)30-12(2)27)32-16-6-15(8-25-9-16)14-4-5-17(23)18(24)7-14/h4-9,19-22H,10H2,1-3H3/t19-,20+,21-,22-/m1/s1. The summed E-state index contributed by atoms with van der Waals surface area (Å²) in [5.41, 5.74) is 0.00466. The van der Waals surface area contributed by atoms with E-state index in [0.717, 1.165) is 12.1 Å². The van der Waals surface area contributed by atoms with E-state index < -0.39 is 53.3 Å². The summed E-state index contributed by atoms with van der Waals surface area (Å²) < 4.78 is 48.8. The molecule has 8 nitrogen and oxygen atoms in total. The first-order valence-corrected chi connectivity index (χ1v) is 10.9. The molecule has 4 atom stereocenters. The van der Waals surface area contributed by atoms with Gasteiger partial charge in [-0.25, -0.2) is 8.78 Å². The number of pyridine rings is 1. The minimum absolute atomic E-state index is 0.205. The van der Waals surface area contributed by atoms with Crippen LogP contribution in [0.1, 0.15) is 20.8 Å². The monoisotopic (exact) mass is 481 g/mol. The lowest BCUT2D eigenvalue weighted by atomic mass is 10.1. The summed E-state index contributed by atoms with van der Waals surface area (Å²) in [7, 11) is 0. The Morgan fingerprint density at radius 3 is 2.18 bits per heavy atom. The van der Waals surface area contributed by atoms with Crippen molar-refractivity contribution < 1.29 is 42.1 Å². The van der Waals surface area contributed by atoms with Crippen LogP contribution in [0, 0.1) is 11.6 Å². The highest BCUT2D eigenvalue weighted by atomic mass is 32.2. The third-order valence-corrected chi connectivity index (χ3v) is 5.74. The summed E-state index contributed by atoms with van der Waals surface area (Å²) in [4.78, 5) is 39.0. The lowest BCUT2D eigenvalue weighted by molar-refractivity contribution is -0.186. The van der Waals surface area contributed by atoms with Gasteiger partial charge in [0.25, 0.3) is 0 Å². The molecule has 2 aromatic rings. The number of rotatable bonds is 6. The summed E-state index contributed by atoms with van der Waals surface area (Å²) in [6.07, 6.45) is -0.193. The summed E-state index contributed by atoms with van der Waals surface area (Å²) in [6.45, 7) is 3.59. The third kappa shape index (κ3) is 6.41. The van der Waals surface area contributed by atoms with Crippen molar-refractivity contribution in [3.63, 3.8) is 0 Å². The van der Waals surface area contributed by atoms with E-state index in [-0.39, 0.29) is 11.5 Å². The van der Waals surface area contributed by atoms with E-state index in [2.05, 4.69) is 4.98 Å². The minimum Gasteiger partial charge on any atom is -0.474 e. The zero-order valence-electron chi connectivity index (χ0n) is 17.9. The van der Waals surface area contributed by atoms with Gasteiger partial charge < -0.3 is 18.9 Å². The van der Waals surface area contributed by atoms with Crippen LogP contribution in [0.2, 0.25) is 0 Å². The second kappa shape index (κ2) is 10.6. The van der Waals surface area contributed by atoms with E-state index in [1.54, 1.807) is 6.07 Å². The lowest BCUT2D eigenvalue weighted by Gasteiger charge is -2.39. The van der Waals surface area contributed by atoms with Crippen LogP contribution in [0.3, 0.4) is 0 Å². The first kappa shape index (κ1) is 24.4. The van der Waals surface area contributed by atoms with Crippen LogP contribution in [-0.4, -0.2) is 52.4 Å². The molecule has 0 radical (unpaired) electrons. The van der Waals surface area contributed by atoms with Gasteiger partial charge in [0.05, 0.1) is 6.20 Å². The molecule has 1 aromatic heterocycles. The number of thioether (sulfide) groups is 1. The quantitative estimate of drug-likeness (QED) is 0.454. The number of carbonyl (C=O) groups is 3. The maximum absolute atomic E-state index is 13.6. The highest BCUT2D eigenvalue weighted by molar-refractivity contribution is 7.99. The Morgan fingerprint density at radius 1 is 0.879 bits per heavy atom. The van der Waals surface area contributed by atoms with Crippen molar-refractivity contribution in [2.24, 2.45) is 0 Å². The van der Waals surface area contributed by atoms with E-state index in [1.807, 2.05) is 0 Å². The molecule has 0 unspecified atom stereocenters. The van der Waals surface area contributed by atoms with E-state index in [4.69, 9.17) is 18.9 Å². The maximum Gasteiger partial charge on any atom is 0.303 e. The van der Waals surface area contributed by atoms with Crippen LogP contribution in [-0.2, 0) is 28.6 Å². The van der Waals surface area contributed by atoms with Crippen molar-refractivity contribution in [1.82, 2.24) is 4.98 Å². The third-order valence-electron chi connectivity index (χ3n) is 4.52. The van der Waals surface area contributed by atoms with Crippen LogP contribution in [0.5, 0.6) is 5.75 Å². The SMILES string of the molecule is CC(=O)O[C@@H]1[C@@H](OC(C)=O)[C@H](OC(C)=O)CS[C@H]1Oc1cncc(-c2ccc(F)c(F)c2)c1. The van der Waals surface area contributed by atoms with Crippen LogP contribution in [0.25, 0.3) is 11.1 Å². The van der Waals surface area contributed by atoms with Gasteiger partial charge in [-0.05, 0) is 23.8 Å². The molecule has 0 N–H and O–H groups in total. The Bertz CT molecular complexity index is 1050. The zero-order valence-corrected chi connectivity index (χ0v) is 18.8. The number of nitrogens with zero attached hydrogens (tertiary/aromatic N) is 1. The number of aromatic nitrogens is 1. The van der Waals surface area contributed by atoms with E-state index in [9.17, 15) is 23.2 Å². The number of ether oxygens (including phenoxy) is 4. The Balaban J connectivity index is 1.87. The molecule has 0 amide bonds. The molecule has 33 heavy (non-hydrogen) atoms. The molecule has 11 heteroatoms. The van der Waals surface area contributed by atoms with Gasteiger partial charge in [-0.15, -0.1) is 11.8 Å². The number of esters is 3. The molecule has 0 spiro atoms. The van der Waals surface area contributed by atoms with Gasteiger partial charge in [-0.1, -0.05) is 6.07 Å². The Hall–Kier alpha value is -3.21. The summed E-state index contributed by atoms with van der Waals surface area (Å²) >= 11 is 1.19. The fourth-order valence-corrected chi connectivity index (χ4v) is 4.48. The normalized spacial score (nSPS) is 22.2. The molecular weight excluding hydrogens is 460 g/mol. The van der Waals surface area contributed by atoms with E-state index in [1.165, 1.54) is 51.0 Å². The first-order valence-electron chi connectivity index (χ1n) is 9.84. The van der Waals surface area contributed by atoms with Gasteiger partial charge in [0.2, 0.25) is 0 Å². The average molecular weight is 481 g/mol. The Kier molecular flexibility index (Phi) is 7.85. The summed E-state index contributed by atoms with van der Waals surface area (Å²) in [5.74, 6) is -3.40. The molecule has 1 aliphatic rings. The summed E-state index contributed by atoms with van der Waals surface area (Å²) in [5, 5.41) is 0. The smallest absolute Gasteiger partial charge is 0.303 e. The Morgan fingerprint density at radius 2 is 1.55 bits per heavy atom. The van der Waals surface area contributed by atoms with Gasteiger partial charge in [0, 0.05) is 38.3 Å². The van der Waals surface area contributed by atoms with Gasteiger partial charge in [-0.2, -0.15) is 0 Å². The second-order valence-electron chi connectivity index (χ2n) is 7.15. The van der Waals surface area contributed by atoms with Gasteiger partial charge in [0.15, 0.2) is 35.4 Å². The van der Waals surface area contributed by atoms with Crippen molar-refractivity contribution in [3.8, 4) is 16.9 Å². The van der Waals surface area contributed by atoms with E-state index >= 15 is 0 Å². The molecule has 3 rings (SSSR count). The number of halogens is 2. The molecule has 0 bridgehead atoms. The number of benzene rings is 1. The zero-order chi connectivity index (χ0) is 24.1. The number of hydrogen-bond acceptors (Lipinski definition) is 9. The van der Waals surface area contributed by atoms with Crippen molar-refractivity contribution >= 4 is 29.7 Å². The topological polar surface area (TPSA) is 101 Å². The Labute approximate surface area is 192 Å². The maximum atomic E-state index is 13.6. The molecule has 1 fully saturated rings. The highest BCUT2D eigenvalue weighted by Crippen LogP contribution is 2.35. The predicted octanol–water partition coefficient (Wildman–Crippen LogP) is 3.27. The van der Waals surface area contributed by atoms with Crippen molar-refractivity contribution in [3.05, 3.63) is 48.3 Å². The highest BCUT2D eigenvalue weighted by Gasteiger charge is 2.47. The van der Waals surface area contributed by atoms with Gasteiger partial charge in [0.1, 0.15) is 5.75 Å². The van der Waals surface area contributed by atoms with Gasteiger partial charge >= 0.3 is 17.9 Å². The molecule has 1 saturated heterocycles. The molecule has 0 aliphatic carbocycles.